The van der Waals surface area contributed by atoms with Gasteiger partial charge >= 0.3 is 0 Å². The van der Waals surface area contributed by atoms with Gasteiger partial charge in [-0.1, -0.05) is 17.3 Å². The minimum Gasteiger partial charge on any atom is -0.508 e. The molecule has 4 heteroatoms. The molecule has 84 valence electrons. The van der Waals surface area contributed by atoms with E-state index in [2.05, 4.69) is 15.4 Å². The second kappa shape index (κ2) is 5.30. The van der Waals surface area contributed by atoms with Gasteiger partial charge in [0.05, 0.1) is 5.69 Å². The zero-order chi connectivity index (χ0) is 11.2. The maximum Gasteiger partial charge on any atom is 0.115 e. The minimum atomic E-state index is 0.325. The Balaban J connectivity index is 1.70. The van der Waals surface area contributed by atoms with Gasteiger partial charge in [-0.25, -0.2) is 0 Å². The van der Waals surface area contributed by atoms with Crippen molar-refractivity contribution in [3.63, 3.8) is 0 Å². The molecule has 0 fully saturated rings. The molecule has 0 aliphatic rings. The Morgan fingerprint density at radius 1 is 1.06 bits per heavy atom. The fraction of sp³-hybridized carbons (Fsp3) is 0.333. The summed E-state index contributed by atoms with van der Waals surface area (Å²) in [5.41, 5.74) is 2.28. The Morgan fingerprint density at radius 3 is 2.50 bits per heavy atom. The Labute approximate surface area is 94.3 Å². The first-order valence-corrected chi connectivity index (χ1v) is 5.48. The zero-order valence-corrected chi connectivity index (χ0v) is 9.06. The number of phenols is 1. The number of nitrogens with one attached hydrogen (secondary N) is 1. The average molecular weight is 217 g/mol. The SMILES string of the molecule is Oc1ccc(CCCCc2c[nH]nn2)cc1. The predicted octanol–water partition coefficient (Wildman–Crippen LogP) is 2.08. The summed E-state index contributed by atoms with van der Waals surface area (Å²) < 4.78 is 0. The summed E-state index contributed by atoms with van der Waals surface area (Å²) in [5.74, 6) is 0.325. The molecule has 1 aromatic carbocycles. The first-order valence-electron chi connectivity index (χ1n) is 5.48. The van der Waals surface area contributed by atoms with Crippen molar-refractivity contribution in [1.29, 1.82) is 0 Å². The van der Waals surface area contributed by atoms with E-state index in [4.69, 9.17) is 5.11 Å². The molecule has 4 nitrogen and oxygen atoms in total. The molecule has 0 amide bonds. The summed E-state index contributed by atoms with van der Waals surface area (Å²) in [6, 6.07) is 7.39. The number of aryl methyl sites for hydroxylation is 2. The number of hydrogen-bond donors (Lipinski definition) is 2. The molecular formula is C12H15N3O. The van der Waals surface area contributed by atoms with Gasteiger partial charge in [0.1, 0.15) is 5.75 Å². The van der Waals surface area contributed by atoms with E-state index >= 15 is 0 Å². The number of unbranched alkanes of at least 4 members (excludes halogenated alkanes) is 1. The molecule has 0 unspecified atom stereocenters. The van der Waals surface area contributed by atoms with Gasteiger partial charge in [-0.15, -0.1) is 5.10 Å². The molecule has 2 N–H and O–H groups in total. The number of phenolic OH excluding ortho intramolecular Hbond substituents is 1. The second-order valence-corrected chi connectivity index (χ2v) is 3.84. The van der Waals surface area contributed by atoms with E-state index in [0.717, 1.165) is 31.4 Å². The van der Waals surface area contributed by atoms with Crippen LogP contribution in [0.3, 0.4) is 0 Å². The number of nitrogens with zero attached hydrogens (tertiary/aromatic N) is 2. The Morgan fingerprint density at radius 2 is 1.81 bits per heavy atom. The molecule has 0 radical (unpaired) electrons. The number of benzene rings is 1. The van der Waals surface area contributed by atoms with Crippen molar-refractivity contribution in [1.82, 2.24) is 15.4 Å². The first kappa shape index (κ1) is 10.7. The van der Waals surface area contributed by atoms with Crippen molar-refractivity contribution >= 4 is 0 Å². The van der Waals surface area contributed by atoms with E-state index in [1.807, 2.05) is 18.3 Å². The van der Waals surface area contributed by atoms with Crippen molar-refractivity contribution in [3.8, 4) is 5.75 Å². The van der Waals surface area contributed by atoms with Gasteiger partial charge in [-0.3, -0.25) is 5.10 Å². The maximum absolute atomic E-state index is 9.13. The lowest BCUT2D eigenvalue weighted by atomic mass is 10.1. The summed E-state index contributed by atoms with van der Waals surface area (Å²) >= 11 is 0. The van der Waals surface area contributed by atoms with Crippen molar-refractivity contribution in [2.24, 2.45) is 0 Å². The van der Waals surface area contributed by atoms with E-state index in [0.29, 0.717) is 5.75 Å². The van der Waals surface area contributed by atoms with Crippen LogP contribution < -0.4 is 0 Å². The highest BCUT2D eigenvalue weighted by Crippen LogP contribution is 2.12. The highest BCUT2D eigenvalue weighted by Gasteiger charge is 1.97. The molecule has 0 saturated heterocycles. The fourth-order valence-corrected chi connectivity index (χ4v) is 1.65. The molecule has 1 heterocycles. The van der Waals surface area contributed by atoms with Crippen molar-refractivity contribution in [2.75, 3.05) is 0 Å². The van der Waals surface area contributed by atoms with Gasteiger partial charge in [-0.2, -0.15) is 0 Å². The molecule has 1 aromatic heterocycles. The summed E-state index contributed by atoms with van der Waals surface area (Å²) in [6.07, 6.45) is 6.07. The Kier molecular flexibility index (Phi) is 3.53. The number of hydrogen-bond acceptors (Lipinski definition) is 3. The number of rotatable bonds is 5. The molecule has 0 spiro atoms. The van der Waals surface area contributed by atoms with E-state index in [-0.39, 0.29) is 0 Å². The summed E-state index contributed by atoms with van der Waals surface area (Å²) in [6.45, 7) is 0. The van der Waals surface area contributed by atoms with Crippen LogP contribution in [0.4, 0.5) is 0 Å². The van der Waals surface area contributed by atoms with E-state index in [1.54, 1.807) is 12.1 Å². The number of aromatic hydroxyl groups is 1. The van der Waals surface area contributed by atoms with Crippen LogP contribution in [0, 0.1) is 0 Å². The van der Waals surface area contributed by atoms with Crippen LogP contribution in [0.15, 0.2) is 30.5 Å². The van der Waals surface area contributed by atoms with E-state index < -0.39 is 0 Å². The Hall–Kier alpha value is -1.84. The summed E-state index contributed by atoms with van der Waals surface area (Å²) in [4.78, 5) is 0. The molecule has 2 rings (SSSR count). The quantitative estimate of drug-likeness (QED) is 0.754. The first-order chi connectivity index (χ1) is 7.84. The van der Waals surface area contributed by atoms with Gasteiger partial charge in [0, 0.05) is 6.20 Å². The maximum atomic E-state index is 9.13. The number of aromatic amines is 1. The van der Waals surface area contributed by atoms with Gasteiger partial charge < -0.3 is 5.11 Å². The van der Waals surface area contributed by atoms with Gasteiger partial charge in [0.2, 0.25) is 0 Å². The third-order valence-corrected chi connectivity index (χ3v) is 2.55. The van der Waals surface area contributed by atoms with Gasteiger partial charge in [-0.05, 0) is 43.4 Å². The normalized spacial score (nSPS) is 10.5. The standard InChI is InChI=1S/C12H15N3O/c16-12-7-5-10(6-8-12)3-1-2-4-11-9-13-15-14-11/h5-9,16H,1-4H2,(H,13,14,15). The molecule has 0 aliphatic carbocycles. The summed E-state index contributed by atoms with van der Waals surface area (Å²) in [5, 5.41) is 19.4. The van der Waals surface area contributed by atoms with Crippen LogP contribution in [-0.2, 0) is 12.8 Å². The molecule has 0 bridgehead atoms. The third-order valence-electron chi connectivity index (χ3n) is 2.55. The lowest BCUT2D eigenvalue weighted by Crippen LogP contribution is -1.89. The molecule has 16 heavy (non-hydrogen) atoms. The van der Waals surface area contributed by atoms with Crippen LogP contribution >= 0.6 is 0 Å². The predicted molar refractivity (Wildman–Crippen MR) is 61.1 cm³/mol. The summed E-state index contributed by atoms with van der Waals surface area (Å²) in [7, 11) is 0. The highest BCUT2D eigenvalue weighted by molar-refractivity contribution is 5.25. The topological polar surface area (TPSA) is 61.8 Å². The number of H-pyrrole nitrogens is 1. The van der Waals surface area contributed by atoms with Gasteiger partial charge in [0.15, 0.2) is 0 Å². The van der Waals surface area contributed by atoms with Crippen LogP contribution in [-0.4, -0.2) is 20.5 Å². The molecular weight excluding hydrogens is 202 g/mol. The molecule has 2 aromatic rings. The lowest BCUT2D eigenvalue weighted by molar-refractivity contribution is 0.475. The van der Waals surface area contributed by atoms with Crippen LogP contribution in [0.1, 0.15) is 24.1 Å². The largest absolute Gasteiger partial charge is 0.508 e. The van der Waals surface area contributed by atoms with Crippen molar-refractivity contribution in [2.45, 2.75) is 25.7 Å². The van der Waals surface area contributed by atoms with E-state index in [9.17, 15) is 0 Å². The second-order valence-electron chi connectivity index (χ2n) is 3.84. The zero-order valence-electron chi connectivity index (χ0n) is 9.06. The fourth-order valence-electron chi connectivity index (χ4n) is 1.65. The highest BCUT2D eigenvalue weighted by atomic mass is 16.3. The average Bonchev–Trinajstić information content (AvgIpc) is 2.80. The van der Waals surface area contributed by atoms with Crippen LogP contribution in [0.25, 0.3) is 0 Å². The monoisotopic (exact) mass is 217 g/mol. The Bertz CT molecular complexity index is 408. The van der Waals surface area contributed by atoms with Crippen LogP contribution in [0.2, 0.25) is 0 Å². The molecule has 0 saturated carbocycles. The van der Waals surface area contributed by atoms with Gasteiger partial charge in [0.25, 0.3) is 0 Å². The lowest BCUT2D eigenvalue weighted by Gasteiger charge is -2.00. The van der Waals surface area contributed by atoms with Crippen molar-refractivity contribution in [3.05, 3.63) is 41.7 Å². The van der Waals surface area contributed by atoms with Crippen LogP contribution in [0.5, 0.6) is 5.75 Å². The number of aromatic nitrogens is 3. The molecule has 0 atom stereocenters. The minimum absolute atomic E-state index is 0.325. The molecule has 0 aliphatic heterocycles. The van der Waals surface area contributed by atoms with E-state index in [1.165, 1.54) is 5.56 Å². The van der Waals surface area contributed by atoms with Crippen molar-refractivity contribution < 1.29 is 5.11 Å². The smallest absolute Gasteiger partial charge is 0.115 e. The third kappa shape index (κ3) is 3.08.